The SMILES string of the molecule is CC[C@@H](C)c1ccc(NC(=O)C[NH+]2CCN(c3ccc(F)cc3)CC2)cc1. The molecule has 144 valence electrons. The van der Waals surface area contributed by atoms with Crippen LogP contribution in [0, 0.1) is 5.82 Å². The van der Waals surface area contributed by atoms with Crippen LogP contribution in [0.2, 0.25) is 0 Å². The molecule has 1 aliphatic heterocycles. The highest BCUT2D eigenvalue weighted by Gasteiger charge is 2.22. The normalized spacial score (nSPS) is 16.2. The van der Waals surface area contributed by atoms with Crippen molar-refractivity contribution >= 4 is 17.3 Å². The molecule has 1 saturated heterocycles. The first-order chi connectivity index (χ1) is 13.0. The predicted octanol–water partition coefficient (Wildman–Crippen LogP) is 2.68. The highest BCUT2D eigenvalue weighted by molar-refractivity contribution is 5.91. The van der Waals surface area contributed by atoms with Crippen molar-refractivity contribution < 1.29 is 14.1 Å². The van der Waals surface area contributed by atoms with Crippen LogP contribution < -0.4 is 15.1 Å². The molecule has 0 aromatic heterocycles. The van der Waals surface area contributed by atoms with E-state index in [2.05, 4.69) is 36.2 Å². The zero-order valence-electron chi connectivity index (χ0n) is 16.2. The van der Waals surface area contributed by atoms with Gasteiger partial charge in [0, 0.05) is 11.4 Å². The van der Waals surface area contributed by atoms with Gasteiger partial charge < -0.3 is 15.1 Å². The molecule has 4 nitrogen and oxygen atoms in total. The first-order valence-electron chi connectivity index (χ1n) is 9.79. The number of hydrogen-bond donors (Lipinski definition) is 2. The van der Waals surface area contributed by atoms with E-state index in [9.17, 15) is 9.18 Å². The van der Waals surface area contributed by atoms with E-state index in [1.807, 2.05) is 24.3 Å². The number of carbonyl (C=O) groups excluding carboxylic acids is 1. The van der Waals surface area contributed by atoms with Crippen LogP contribution >= 0.6 is 0 Å². The molecule has 27 heavy (non-hydrogen) atoms. The standard InChI is InChI=1S/C22H28FN3O/c1-3-17(2)18-4-8-20(9-5-18)24-22(27)16-25-12-14-26(15-13-25)21-10-6-19(23)7-11-21/h4-11,17H,3,12-16H2,1-2H3,(H,24,27)/p+1/t17-/m1/s1. The summed E-state index contributed by atoms with van der Waals surface area (Å²) in [4.78, 5) is 15.9. The Morgan fingerprint density at radius 1 is 1.11 bits per heavy atom. The number of anilines is 2. The second kappa shape index (κ2) is 9.00. The van der Waals surface area contributed by atoms with Crippen LogP contribution in [-0.4, -0.2) is 38.6 Å². The molecule has 1 aliphatic rings. The molecule has 0 radical (unpaired) electrons. The van der Waals surface area contributed by atoms with E-state index in [4.69, 9.17) is 0 Å². The molecule has 5 heteroatoms. The number of piperazine rings is 1. The van der Waals surface area contributed by atoms with Gasteiger partial charge in [-0.1, -0.05) is 26.0 Å². The summed E-state index contributed by atoms with van der Waals surface area (Å²) >= 11 is 0. The van der Waals surface area contributed by atoms with Crippen LogP contribution in [0.15, 0.2) is 48.5 Å². The lowest BCUT2D eigenvalue weighted by atomic mass is 9.99. The lowest BCUT2D eigenvalue weighted by Crippen LogP contribution is -3.15. The maximum atomic E-state index is 13.1. The van der Waals surface area contributed by atoms with E-state index < -0.39 is 0 Å². The zero-order chi connectivity index (χ0) is 19.2. The van der Waals surface area contributed by atoms with Gasteiger partial charge in [0.1, 0.15) is 5.82 Å². The molecule has 0 bridgehead atoms. The smallest absolute Gasteiger partial charge is 0.279 e. The maximum absolute atomic E-state index is 13.1. The summed E-state index contributed by atoms with van der Waals surface area (Å²) in [5.41, 5.74) is 3.20. The molecule has 1 atom stereocenters. The molecule has 1 fully saturated rings. The van der Waals surface area contributed by atoms with Crippen molar-refractivity contribution in [2.45, 2.75) is 26.2 Å². The van der Waals surface area contributed by atoms with E-state index in [1.165, 1.54) is 22.6 Å². The predicted molar refractivity (Wildman–Crippen MR) is 108 cm³/mol. The van der Waals surface area contributed by atoms with Crippen molar-refractivity contribution in [3.63, 3.8) is 0 Å². The van der Waals surface area contributed by atoms with Gasteiger partial charge in [0.2, 0.25) is 0 Å². The Kier molecular flexibility index (Phi) is 6.45. The lowest BCUT2D eigenvalue weighted by Gasteiger charge is -2.33. The van der Waals surface area contributed by atoms with Crippen LogP contribution in [0.3, 0.4) is 0 Å². The molecule has 2 N–H and O–H groups in total. The second-order valence-electron chi connectivity index (χ2n) is 7.37. The number of halogens is 1. The van der Waals surface area contributed by atoms with Crippen molar-refractivity contribution in [1.29, 1.82) is 0 Å². The van der Waals surface area contributed by atoms with Gasteiger partial charge in [-0.2, -0.15) is 0 Å². The fourth-order valence-corrected chi connectivity index (χ4v) is 3.47. The summed E-state index contributed by atoms with van der Waals surface area (Å²) in [5, 5.41) is 3.01. The van der Waals surface area contributed by atoms with Crippen molar-refractivity contribution in [2.24, 2.45) is 0 Å². The topological polar surface area (TPSA) is 36.8 Å². The molecule has 1 amide bonds. The molecular formula is C22H29FN3O+. The van der Waals surface area contributed by atoms with Gasteiger partial charge in [-0.15, -0.1) is 0 Å². The van der Waals surface area contributed by atoms with Gasteiger partial charge in [-0.05, 0) is 54.3 Å². The number of benzene rings is 2. The minimum atomic E-state index is -0.211. The molecule has 3 rings (SSSR count). The lowest BCUT2D eigenvalue weighted by molar-refractivity contribution is -0.892. The molecular weight excluding hydrogens is 341 g/mol. The number of nitrogens with one attached hydrogen (secondary N) is 2. The molecule has 0 saturated carbocycles. The van der Waals surface area contributed by atoms with Gasteiger partial charge in [-0.25, -0.2) is 4.39 Å². The Labute approximate surface area is 161 Å². The number of hydrogen-bond acceptors (Lipinski definition) is 2. The van der Waals surface area contributed by atoms with Gasteiger partial charge in [-0.3, -0.25) is 4.79 Å². The summed E-state index contributed by atoms with van der Waals surface area (Å²) in [6.07, 6.45) is 1.11. The number of amides is 1. The van der Waals surface area contributed by atoms with Gasteiger partial charge in [0.05, 0.1) is 26.2 Å². The third kappa shape index (κ3) is 5.30. The fourth-order valence-electron chi connectivity index (χ4n) is 3.47. The van der Waals surface area contributed by atoms with E-state index in [1.54, 1.807) is 0 Å². The fraction of sp³-hybridized carbons (Fsp3) is 0.409. The van der Waals surface area contributed by atoms with Crippen LogP contribution in [0.25, 0.3) is 0 Å². The summed E-state index contributed by atoms with van der Waals surface area (Å²) < 4.78 is 13.1. The molecule has 2 aromatic rings. The zero-order valence-corrected chi connectivity index (χ0v) is 16.2. The average molecular weight is 370 g/mol. The molecule has 2 aromatic carbocycles. The number of quaternary nitrogens is 1. The second-order valence-corrected chi connectivity index (χ2v) is 7.37. The Bertz CT molecular complexity index is 737. The largest absolute Gasteiger partial charge is 0.360 e. The van der Waals surface area contributed by atoms with E-state index in [0.29, 0.717) is 12.5 Å². The third-order valence-electron chi connectivity index (χ3n) is 5.45. The van der Waals surface area contributed by atoms with Crippen molar-refractivity contribution in [1.82, 2.24) is 0 Å². The minimum absolute atomic E-state index is 0.0523. The maximum Gasteiger partial charge on any atom is 0.279 e. The van der Waals surface area contributed by atoms with Crippen molar-refractivity contribution in [3.8, 4) is 0 Å². The highest BCUT2D eigenvalue weighted by atomic mass is 19.1. The van der Waals surface area contributed by atoms with E-state index in [0.717, 1.165) is 44.0 Å². The molecule has 1 heterocycles. The monoisotopic (exact) mass is 370 g/mol. The quantitative estimate of drug-likeness (QED) is 0.820. The molecule has 0 aliphatic carbocycles. The highest BCUT2D eigenvalue weighted by Crippen LogP contribution is 2.20. The Morgan fingerprint density at radius 3 is 2.33 bits per heavy atom. The minimum Gasteiger partial charge on any atom is -0.360 e. The first kappa shape index (κ1) is 19.4. The van der Waals surface area contributed by atoms with Crippen LogP contribution in [-0.2, 0) is 4.79 Å². The Hall–Kier alpha value is -2.40. The Morgan fingerprint density at radius 2 is 1.74 bits per heavy atom. The summed E-state index contributed by atoms with van der Waals surface area (Å²) in [6, 6.07) is 14.8. The number of carbonyl (C=O) groups is 1. The summed E-state index contributed by atoms with van der Waals surface area (Å²) in [6.45, 7) is 8.41. The Balaban J connectivity index is 1.46. The number of rotatable bonds is 6. The van der Waals surface area contributed by atoms with Gasteiger partial charge >= 0.3 is 0 Å². The average Bonchev–Trinajstić information content (AvgIpc) is 2.69. The summed E-state index contributed by atoms with van der Waals surface area (Å²) in [5.74, 6) is 0.380. The van der Waals surface area contributed by atoms with E-state index >= 15 is 0 Å². The van der Waals surface area contributed by atoms with Crippen LogP contribution in [0.4, 0.5) is 15.8 Å². The van der Waals surface area contributed by atoms with Crippen molar-refractivity contribution in [3.05, 3.63) is 59.9 Å². The van der Waals surface area contributed by atoms with Crippen LogP contribution in [0.1, 0.15) is 31.7 Å². The third-order valence-corrected chi connectivity index (χ3v) is 5.45. The van der Waals surface area contributed by atoms with Gasteiger partial charge in [0.25, 0.3) is 5.91 Å². The molecule has 0 unspecified atom stereocenters. The summed E-state index contributed by atoms with van der Waals surface area (Å²) in [7, 11) is 0. The van der Waals surface area contributed by atoms with Gasteiger partial charge in [0.15, 0.2) is 6.54 Å². The molecule has 0 spiro atoms. The van der Waals surface area contributed by atoms with E-state index in [-0.39, 0.29) is 11.7 Å². The van der Waals surface area contributed by atoms with Crippen LogP contribution in [0.5, 0.6) is 0 Å². The number of nitrogens with zero attached hydrogens (tertiary/aromatic N) is 1. The first-order valence-corrected chi connectivity index (χ1v) is 9.79. The van der Waals surface area contributed by atoms with Crippen molar-refractivity contribution in [2.75, 3.05) is 42.9 Å².